The van der Waals surface area contributed by atoms with Crippen LogP contribution >= 0.6 is 10.7 Å². The molecule has 1 aliphatic heterocycles. The van der Waals surface area contributed by atoms with Crippen LogP contribution in [0.15, 0.2) is 0 Å². The summed E-state index contributed by atoms with van der Waals surface area (Å²) in [6, 6.07) is 0. The molecule has 13 heavy (non-hydrogen) atoms. The van der Waals surface area contributed by atoms with Crippen LogP contribution in [0, 0.1) is 5.92 Å². The van der Waals surface area contributed by atoms with Gasteiger partial charge in [0.25, 0.3) is 0 Å². The van der Waals surface area contributed by atoms with Crippen molar-refractivity contribution in [2.45, 2.75) is 18.9 Å². The molecule has 0 spiro atoms. The Bertz CT molecular complexity index is 248. The Labute approximate surface area is 82.7 Å². The summed E-state index contributed by atoms with van der Waals surface area (Å²) in [5, 5.41) is 12.6. The SMILES string of the molecule is O=S(=O)(Cl)CC(O)C1CCCNC1. The van der Waals surface area contributed by atoms with Gasteiger partial charge < -0.3 is 10.4 Å². The zero-order chi connectivity index (χ0) is 9.90. The van der Waals surface area contributed by atoms with E-state index >= 15 is 0 Å². The number of rotatable bonds is 3. The van der Waals surface area contributed by atoms with Crippen molar-refractivity contribution in [3.63, 3.8) is 0 Å². The largest absolute Gasteiger partial charge is 0.392 e. The van der Waals surface area contributed by atoms with E-state index < -0.39 is 15.2 Å². The molecular weight excluding hydrogens is 214 g/mol. The number of nitrogens with one attached hydrogen (secondary N) is 1. The van der Waals surface area contributed by atoms with Crippen LogP contribution in [-0.4, -0.2) is 38.5 Å². The molecule has 78 valence electrons. The van der Waals surface area contributed by atoms with Crippen LogP contribution in [0.4, 0.5) is 0 Å². The second kappa shape index (κ2) is 4.59. The smallest absolute Gasteiger partial charge is 0.235 e. The Kier molecular flexibility index (Phi) is 3.97. The van der Waals surface area contributed by atoms with Gasteiger partial charge in [-0.25, -0.2) is 8.42 Å². The van der Waals surface area contributed by atoms with Gasteiger partial charge in [0.2, 0.25) is 9.05 Å². The van der Waals surface area contributed by atoms with Crippen LogP contribution in [0.25, 0.3) is 0 Å². The average Bonchev–Trinajstić information content (AvgIpc) is 2.03. The third-order valence-electron chi connectivity index (χ3n) is 2.25. The Morgan fingerprint density at radius 2 is 2.31 bits per heavy atom. The number of piperidine rings is 1. The topological polar surface area (TPSA) is 66.4 Å². The van der Waals surface area contributed by atoms with E-state index in [1.807, 2.05) is 0 Å². The maximum Gasteiger partial charge on any atom is 0.235 e. The van der Waals surface area contributed by atoms with Crippen LogP contribution in [0.2, 0.25) is 0 Å². The monoisotopic (exact) mass is 227 g/mol. The molecular formula is C7H14ClNO3S. The van der Waals surface area contributed by atoms with Crippen molar-refractivity contribution in [1.29, 1.82) is 0 Å². The van der Waals surface area contributed by atoms with Gasteiger partial charge in [0.15, 0.2) is 0 Å². The van der Waals surface area contributed by atoms with Crippen LogP contribution in [0.5, 0.6) is 0 Å². The Hall–Kier alpha value is 0.160. The Morgan fingerprint density at radius 1 is 1.62 bits per heavy atom. The van der Waals surface area contributed by atoms with Crippen molar-refractivity contribution < 1.29 is 13.5 Å². The number of aliphatic hydroxyl groups excluding tert-OH is 1. The molecule has 0 aromatic carbocycles. The minimum Gasteiger partial charge on any atom is -0.392 e. The van der Waals surface area contributed by atoms with Gasteiger partial charge in [-0.2, -0.15) is 0 Å². The van der Waals surface area contributed by atoms with Crippen LogP contribution in [-0.2, 0) is 9.05 Å². The molecule has 0 saturated carbocycles. The van der Waals surface area contributed by atoms with Gasteiger partial charge in [-0.15, -0.1) is 0 Å². The minimum absolute atomic E-state index is 0.0160. The predicted octanol–water partition coefficient (Wildman–Crippen LogP) is -0.0845. The average molecular weight is 228 g/mol. The molecule has 0 radical (unpaired) electrons. The quantitative estimate of drug-likeness (QED) is 0.662. The van der Waals surface area contributed by atoms with E-state index in [4.69, 9.17) is 10.7 Å². The highest BCUT2D eigenvalue weighted by Gasteiger charge is 2.25. The first-order chi connectivity index (χ1) is 5.99. The minimum atomic E-state index is -3.58. The maximum absolute atomic E-state index is 10.7. The molecule has 0 bridgehead atoms. The van der Waals surface area contributed by atoms with E-state index in [-0.39, 0.29) is 11.7 Å². The summed E-state index contributed by atoms with van der Waals surface area (Å²) in [5.41, 5.74) is 0. The lowest BCUT2D eigenvalue weighted by Crippen LogP contribution is -2.39. The van der Waals surface area contributed by atoms with Crippen molar-refractivity contribution >= 4 is 19.7 Å². The maximum atomic E-state index is 10.7. The standard InChI is InChI=1S/C7H14ClNO3S/c8-13(11,12)5-7(10)6-2-1-3-9-4-6/h6-7,9-10H,1-5H2. The van der Waals surface area contributed by atoms with Gasteiger partial charge in [-0.1, -0.05) is 0 Å². The van der Waals surface area contributed by atoms with Gasteiger partial charge in [0, 0.05) is 17.2 Å². The van der Waals surface area contributed by atoms with Gasteiger partial charge in [0.05, 0.1) is 11.9 Å². The first-order valence-electron chi connectivity index (χ1n) is 4.30. The molecule has 6 heteroatoms. The van der Waals surface area contributed by atoms with E-state index in [1.165, 1.54) is 0 Å². The fraction of sp³-hybridized carbons (Fsp3) is 1.00. The van der Waals surface area contributed by atoms with Gasteiger partial charge in [0.1, 0.15) is 0 Å². The fourth-order valence-electron chi connectivity index (χ4n) is 1.55. The van der Waals surface area contributed by atoms with Crippen molar-refractivity contribution in [2.24, 2.45) is 5.92 Å². The predicted molar refractivity (Wildman–Crippen MR) is 51.2 cm³/mol. The second-order valence-corrected chi connectivity index (χ2v) is 6.20. The highest BCUT2D eigenvalue weighted by atomic mass is 35.7. The highest BCUT2D eigenvalue weighted by Crippen LogP contribution is 2.16. The van der Waals surface area contributed by atoms with E-state index in [2.05, 4.69) is 5.32 Å². The molecule has 0 aliphatic carbocycles. The van der Waals surface area contributed by atoms with Crippen LogP contribution < -0.4 is 5.32 Å². The normalized spacial score (nSPS) is 27.1. The molecule has 1 fully saturated rings. The summed E-state index contributed by atoms with van der Waals surface area (Å²) in [4.78, 5) is 0. The van der Waals surface area contributed by atoms with E-state index in [0.717, 1.165) is 19.4 Å². The molecule has 0 aromatic rings. The van der Waals surface area contributed by atoms with E-state index in [9.17, 15) is 13.5 Å². The lowest BCUT2D eigenvalue weighted by Gasteiger charge is -2.26. The Morgan fingerprint density at radius 3 is 2.77 bits per heavy atom. The first kappa shape index (κ1) is 11.2. The van der Waals surface area contributed by atoms with E-state index in [1.54, 1.807) is 0 Å². The number of aliphatic hydroxyl groups is 1. The number of hydrogen-bond acceptors (Lipinski definition) is 4. The molecule has 2 N–H and O–H groups in total. The number of halogens is 1. The highest BCUT2D eigenvalue weighted by molar-refractivity contribution is 8.13. The van der Waals surface area contributed by atoms with Crippen LogP contribution in [0.1, 0.15) is 12.8 Å². The summed E-state index contributed by atoms with van der Waals surface area (Å²) in [6.45, 7) is 1.62. The van der Waals surface area contributed by atoms with Gasteiger partial charge in [-0.05, 0) is 25.3 Å². The van der Waals surface area contributed by atoms with Gasteiger partial charge >= 0.3 is 0 Å². The molecule has 0 aromatic heterocycles. The summed E-state index contributed by atoms with van der Waals surface area (Å²) in [5.74, 6) is -0.330. The number of hydrogen-bond donors (Lipinski definition) is 2. The molecule has 2 unspecified atom stereocenters. The van der Waals surface area contributed by atoms with Crippen molar-refractivity contribution in [3.05, 3.63) is 0 Å². The van der Waals surface area contributed by atoms with Crippen molar-refractivity contribution in [1.82, 2.24) is 5.32 Å². The first-order valence-corrected chi connectivity index (χ1v) is 6.78. The summed E-state index contributed by atoms with van der Waals surface area (Å²) in [6.07, 6.45) is 1.00. The van der Waals surface area contributed by atoms with Crippen molar-refractivity contribution in [2.75, 3.05) is 18.8 Å². The molecule has 0 amide bonds. The zero-order valence-corrected chi connectivity index (χ0v) is 8.81. The second-order valence-electron chi connectivity index (χ2n) is 3.38. The molecule has 1 heterocycles. The zero-order valence-electron chi connectivity index (χ0n) is 7.24. The summed E-state index contributed by atoms with van der Waals surface area (Å²) < 4.78 is 21.3. The summed E-state index contributed by atoms with van der Waals surface area (Å²) in [7, 11) is 1.46. The fourth-order valence-corrected chi connectivity index (χ4v) is 2.61. The van der Waals surface area contributed by atoms with E-state index in [0.29, 0.717) is 6.54 Å². The Balaban J connectivity index is 2.42. The molecule has 1 rings (SSSR count). The lowest BCUT2D eigenvalue weighted by atomic mass is 9.95. The molecule has 1 saturated heterocycles. The van der Waals surface area contributed by atoms with Gasteiger partial charge in [-0.3, -0.25) is 0 Å². The molecule has 1 aliphatic rings. The molecule has 2 atom stereocenters. The molecule has 4 nitrogen and oxygen atoms in total. The third-order valence-corrected chi connectivity index (χ3v) is 3.37. The summed E-state index contributed by atoms with van der Waals surface area (Å²) >= 11 is 0. The lowest BCUT2D eigenvalue weighted by molar-refractivity contribution is 0.111. The third kappa shape index (κ3) is 4.26. The van der Waals surface area contributed by atoms with Crippen molar-refractivity contribution in [3.8, 4) is 0 Å². The van der Waals surface area contributed by atoms with Crippen LogP contribution in [0.3, 0.4) is 0 Å².